The van der Waals surface area contributed by atoms with E-state index in [1.165, 1.54) is 42.4 Å². The van der Waals surface area contributed by atoms with Crippen LogP contribution in [-0.4, -0.2) is 13.7 Å². The Morgan fingerprint density at radius 2 is 1.78 bits per heavy atom. The van der Waals surface area contributed by atoms with Crippen LogP contribution in [0.5, 0.6) is 5.75 Å². The lowest BCUT2D eigenvalue weighted by molar-refractivity contribution is 0.380. The second kappa shape index (κ2) is 7.65. The molecular formula is C21H27NO. The summed E-state index contributed by atoms with van der Waals surface area (Å²) in [6.45, 7) is 0.716. The average molecular weight is 309 g/mol. The van der Waals surface area contributed by atoms with Gasteiger partial charge in [0.25, 0.3) is 0 Å². The van der Waals surface area contributed by atoms with E-state index in [1.807, 2.05) is 6.07 Å². The fourth-order valence-corrected chi connectivity index (χ4v) is 4.05. The lowest BCUT2D eigenvalue weighted by atomic mass is 9.71. The highest BCUT2D eigenvalue weighted by molar-refractivity contribution is 5.38. The Morgan fingerprint density at radius 1 is 1.00 bits per heavy atom. The minimum absolute atomic E-state index is 0.581. The van der Waals surface area contributed by atoms with Crippen molar-refractivity contribution in [3.05, 3.63) is 65.2 Å². The molecule has 2 nitrogen and oxygen atoms in total. The molecule has 2 unspecified atom stereocenters. The van der Waals surface area contributed by atoms with Crippen LogP contribution in [0, 0.1) is 0 Å². The second-order valence-electron chi connectivity index (χ2n) is 6.51. The summed E-state index contributed by atoms with van der Waals surface area (Å²) in [6.07, 6.45) is 6.13. The van der Waals surface area contributed by atoms with E-state index in [4.69, 9.17) is 10.5 Å². The average Bonchev–Trinajstić information content (AvgIpc) is 2.62. The van der Waals surface area contributed by atoms with Crippen molar-refractivity contribution >= 4 is 0 Å². The maximum Gasteiger partial charge on any atom is 0.119 e. The van der Waals surface area contributed by atoms with Gasteiger partial charge >= 0.3 is 0 Å². The van der Waals surface area contributed by atoms with Crippen LogP contribution in [0.2, 0.25) is 0 Å². The van der Waals surface area contributed by atoms with Crippen LogP contribution in [-0.2, 0) is 6.42 Å². The predicted octanol–water partition coefficient (Wildman–Crippen LogP) is 4.64. The maximum absolute atomic E-state index is 5.83. The van der Waals surface area contributed by atoms with Crippen molar-refractivity contribution in [1.29, 1.82) is 0 Å². The quantitative estimate of drug-likeness (QED) is 0.873. The molecule has 0 aliphatic heterocycles. The monoisotopic (exact) mass is 309 g/mol. The van der Waals surface area contributed by atoms with E-state index in [9.17, 15) is 0 Å². The first kappa shape index (κ1) is 16.1. The Morgan fingerprint density at radius 3 is 2.57 bits per heavy atom. The highest BCUT2D eigenvalue weighted by Gasteiger charge is 2.29. The van der Waals surface area contributed by atoms with E-state index in [2.05, 4.69) is 42.5 Å². The molecule has 0 radical (unpaired) electrons. The molecule has 1 aliphatic carbocycles. The number of methoxy groups -OCH3 is 1. The Hall–Kier alpha value is -1.80. The summed E-state index contributed by atoms with van der Waals surface area (Å²) < 4.78 is 5.43. The van der Waals surface area contributed by atoms with Gasteiger partial charge in [-0.1, -0.05) is 49.2 Å². The van der Waals surface area contributed by atoms with Crippen molar-refractivity contribution < 1.29 is 4.74 Å². The lowest BCUT2D eigenvalue weighted by Gasteiger charge is -2.34. The van der Waals surface area contributed by atoms with E-state index in [1.54, 1.807) is 7.11 Å². The summed E-state index contributed by atoms with van der Waals surface area (Å²) in [5.74, 6) is 2.14. The third kappa shape index (κ3) is 3.59. The van der Waals surface area contributed by atoms with Gasteiger partial charge in [0.1, 0.15) is 5.75 Å². The molecule has 0 bridgehead atoms. The molecule has 0 saturated heterocycles. The molecule has 2 N–H and O–H groups in total. The largest absolute Gasteiger partial charge is 0.497 e. The van der Waals surface area contributed by atoms with Gasteiger partial charge in [0.2, 0.25) is 0 Å². The second-order valence-corrected chi connectivity index (χ2v) is 6.51. The highest BCUT2D eigenvalue weighted by Crippen LogP contribution is 2.45. The zero-order chi connectivity index (χ0) is 16.1. The van der Waals surface area contributed by atoms with Crippen molar-refractivity contribution in [2.24, 2.45) is 5.73 Å². The minimum Gasteiger partial charge on any atom is -0.497 e. The Labute approximate surface area is 139 Å². The van der Waals surface area contributed by atoms with E-state index in [-0.39, 0.29) is 0 Å². The third-order valence-electron chi connectivity index (χ3n) is 5.16. The molecule has 0 spiro atoms. The number of hydrogen-bond acceptors (Lipinski definition) is 2. The first-order valence-corrected chi connectivity index (χ1v) is 8.75. The molecule has 3 rings (SSSR count). The van der Waals surface area contributed by atoms with Crippen LogP contribution in [0.3, 0.4) is 0 Å². The number of ether oxygens (including phenoxy) is 1. The van der Waals surface area contributed by atoms with Crippen LogP contribution in [0.25, 0.3) is 0 Å². The Kier molecular flexibility index (Phi) is 5.35. The van der Waals surface area contributed by atoms with E-state index in [0.717, 1.165) is 12.2 Å². The van der Waals surface area contributed by atoms with E-state index >= 15 is 0 Å². The Balaban J connectivity index is 1.95. The molecule has 2 aromatic rings. The molecule has 0 aromatic heterocycles. The molecule has 2 aromatic carbocycles. The summed E-state index contributed by atoms with van der Waals surface area (Å²) in [4.78, 5) is 0. The first-order chi connectivity index (χ1) is 11.3. The summed E-state index contributed by atoms with van der Waals surface area (Å²) in [6, 6.07) is 17.5. The van der Waals surface area contributed by atoms with Crippen LogP contribution in [0.4, 0.5) is 0 Å². The fraction of sp³-hybridized carbons (Fsp3) is 0.429. The zero-order valence-electron chi connectivity index (χ0n) is 14.0. The molecule has 122 valence electrons. The number of hydrogen-bond donors (Lipinski definition) is 1. The maximum atomic E-state index is 5.83. The van der Waals surface area contributed by atoms with Crippen molar-refractivity contribution in [3.8, 4) is 5.75 Å². The lowest BCUT2D eigenvalue weighted by Crippen LogP contribution is -2.18. The normalized spacial score (nSPS) is 21.1. The highest BCUT2D eigenvalue weighted by atomic mass is 16.5. The van der Waals surface area contributed by atoms with Gasteiger partial charge in [0, 0.05) is 0 Å². The van der Waals surface area contributed by atoms with Gasteiger partial charge in [-0.3, -0.25) is 0 Å². The number of nitrogens with two attached hydrogens (primary N) is 1. The SMILES string of the molecule is COc1cccc(C2CCCCC2c2ccccc2CCN)c1. The van der Waals surface area contributed by atoms with Crippen molar-refractivity contribution in [3.63, 3.8) is 0 Å². The van der Waals surface area contributed by atoms with Crippen molar-refractivity contribution in [2.45, 2.75) is 43.9 Å². The summed E-state index contributed by atoms with van der Waals surface area (Å²) in [7, 11) is 1.74. The van der Waals surface area contributed by atoms with Gasteiger partial charge in [0.15, 0.2) is 0 Å². The fourth-order valence-electron chi connectivity index (χ4n) is 4.05. The van der Waals surface area contributed by atoms with Gasteiger partial charge in [-0.25, -0.2) is 0 Å². The molecular weight excluding hydrogens is 282 g/mol. The molecule has 1 fully saturated rings. The van der Waals surface area contributed by atoms with Crippen LogP contribution < -0.4 is 10.5 Å². The predicted molar refractivity (Wildman–Crippen MR) is 96.1 cm³/mol. The van der Waals surface area contributed by atoms with Crippen molar-refractivity contribution in [1.82, 2.24) is 0 Å². The molecule has 1 saturated carbocycles. The molecule has 0 amide bonds. The topological polar surface area (TPSA) is 35.2 Å². The third-order valence-corrected chi connectivity index (χ3v) is 5.16. The summed E-state index contributed by atoms with van der Waals surface area (Å²) >= 11 is 0. The van der Waals surface area contributed by atoms with Gasteiger partial charge in [-0.2, -0.15) is 0 Å². The molecule has 23 heavy (non-hydrogen) atoms. The molecule has 2 atom stereocenters. The van der Waals surface area contributed by atoms with E-state index in [0.29, 0.717) is 18.4 Å². The molecule has 0 heterocycles. The summed E-state index contributed by atoms with van der Waals surface area (Å²) in [5.41, 5.74) is 10.2. The van der Waals surface area contributed by atoms with Crippen LogP contribution in [0.15, 0.2) is 48.5 Å². The smallest absolute Gasteiger partial charge is 0.119 e. The molecule has 1 aliphatic rings. The Bertz CT molecular complexity index is 637. The minimum atomic E-state index is 0.581. The van der Waals surface area contributed by atoms with Gasteiger partial charge in [-0.15, -0.1) is 0 Å². The number of benzene rings is 2. The first-order valence-electron chi connectivity index (χ1n) is 8.75. The van der Waals surface area contributed by atoms with Gasteiger partial charge < -0.3 is 10.5 Å². The zero-order valence-corrected chi connectivity index (χ0v) is 14.0. The number of rotatable bonds is 5. The molecule has 2 heteroatoms. The standard InChI is InChI=1S/C21H27NO/c1-23-18-9-6-8-17(15-18)20-11-4-5-12-21(20)19-10-3-2-7-16(19)13-14-22/h2-3,6-10,15,20-21H,4-5,11-14,22H2,1H3. The van der Waals surface area contributed by atoms with Gasteiger partial charge in [0.05, 0.1) is 7.11 Å². The van der Waals surface area contributed by atoms with Gasteiger partial charge in [-0.05, 0) is 66.5 Å². The van der Waals surface area contributed by atoms with Crippen LogP contribution >= 0.6 is 0 Å². The van der Waals surface area contributed by atoms with Crippen molar-refractivity contribution in [2.75, 3.05) is 13.7 Å². The van der Waals surface area contributed by atoms with E-state index < -0.39 is 0 Å². The summed E-state index contributed by atoms with van der Waals surface area (Å²) in [5, 5.41) is 0. The van der Waals surface area contributed by atoms with Crippen LogP contribution in [0.1, 0.15) is 54.2 Å².